The molecule has 0 aliphatic rings. The smallest absolute Gasteiger partial charge is 0.0784 e. The predicted molar refractivity (Wildman–Crippen MR) is 323 cm³/mol. The zero-order chi connectivity index (χ0) is 51.0. The molecule has 4 heteroatoms. The second-order valence-corrected chi connectivity index (χ2v) is 33.3. The van der Waals surface area contributed by atoms with E-state index in [2.05, 4.69) is 274 Å². The zero-order valence-corrected chi connectivity index (χ0v) is 47.2. The molecular formula is C68H72N2Si2. The molecule has 0 amide bonds. The van der Waals surface area contributed by atoms with E-state index in [0.29, 0.717) is 0 Å². The minimum Gasteiger partial charge on any atom is -0.309 e. The van der Waals surface area contributed by atoms with Crippen LogP contribution in [0, 0.1) is 27.7 Å². The Hall–Kier alpha value is -6.73. The Morgan fingerprint density at radius 2 is 0.653 bits per heavy atom. The van der Waals surface area contributed by atoms with Gasteiger partial charge in [0.2, 0.25) is 0 Å². The number of para-hydroxylation sites is 2. The Kier molecular flexibility index (Phi) is 12.7. The van der Waals surface area contributed by atoms with E-state index in [1.165, 1.54) is 132 Å². The fourth-order valence-electron chi connectivity index (χ4n) is 11.6. The van der Waals surface area contributed by atoms with E-state index in [1.54, 1.807) is 0 Å². The first-order valence-corrected chi connectivity index (χ1v) is 33.2. The number of aryl methyl sites for hydroxylation is 4. The Labute approximate surface area is 432 Å². The molecule has 10 aromatic rings. The fraction of sp³-hybridized carbons (Fsp3) is 0.235. The van der Waals surface area contributed by atoms with E-state index in [9.17, 15) is 0 Å². The molecule has 72 heavy (non-hydrogen) atoms. The summed E-state index contributed by atoms with van der Waals surface area (Å²) in [5, 5.41) is 10.9. The normalized spacial score (nSPS) is 12.3. The molecule has 10 rings (SSSR count). The lowest BCUT2D eigenvalue weighted by molar-refractivity contribution is 0.875. The molecule has 0 heterocycles. The van der Waals surface area contributed by atoms with Crippen LogP contribution in [0.5, 0.6) is 0 Å². The van der Waals surface area contributed by atoms with Gasteiger partial charge >= 0.3 is 0 Å². The molecule has 0 aromatic heterocycles. The molecule has 0 aliphatic carbocycles. The molecule has 0 atom stereocenters. The fourth-order valence-corrected chi connectivity index (χ4v) is 14.9. The van der Waals surface area contributed by atoms with Crippen LogP contribution in [-0.2, 0) is 0 Å². The Morgan fingerprint density at radius 3 is 0.986 bits per heavy atom. The molecule has 0 unspecified atom stereocenters. The Balaban J connectivity index is 1.34. The van der Waals surface area contributed by atoms with Crippen molar-refractivity contribution in [3.63, 3.8) is 0 Å². The number of nitrogens with zero attached hydrogens (tertiary/aromatic N) is 2. The molecule has 10 aromatic carbocycles. The molecule has 362 valence electrons. The van der Waals surface area contributed by atoms with Crippen molar-refractivity contribution in [2.45, 2.75) is 107 Å². The van der Waals surface area contributed by atoms with Crippen molar-refractivity contribution in [2.75, 3.05) is 9.80 Å². The van der Waals surface area contributed by atoms with Gasteiger partial charge in [0.15, 0.2) is 0 Å². The quantitative estimate of drug-likeness (QED) is 0.0889. The molecular weight excluding hydrogens is 901 g/mol. The van der Waals surface area contributed by atoms with Gasteiger partial charge < -0.3 is 9.80 Å². The highest BCUT2D eigenvalue weighted by Gasteiger charge is 2.31. The Morgan fingerprint density at radius 1 is 0.319 bits per heavy atom. The zero-order valence-electron chi connectivity index (χ0n) is 45.2. The lowest BCUT2D eigenvalue weighted by Crippen LogP contribution is -2.39. The summed E-state index contributed by atoms with van der Waals surface area (Å²) in [4.78, 5) is 5.22. The summed E-state index contributed by atoms with van der Waals surface area (Å²) in [6.07, 6.45) is 0. The maximum atomic E-state index is 2.61. The molecule has 0 aliphatic heterocycles. The molecule has 0 fully saturated rings. The van der Waals surface area contributed by atoms with Gasteiger partial charge in [0.25, 0.3) is 0 Å². The van der Waals surface area contributed by atoms with Gasteiger partial charge in [0.1, 0.15) is 0 Å². The van der Waals surface area contributed by atoms with Crippen LogP contribution in [0.3, 0.4) is 0 Å². The lowest BCUT2D eigenvalue weighted by atomic mass is 9.83. The van der Waals surface area contributed by atoms with Crippen LogP contribution in [0.15, 0.2) is 170 Å². The van der Waals surface area contributed by atoms with E-state index in [-0.39, 0.29) is 11.8 Å². The summed E-state index contributed by atoms with van der Waals surface area (Å²) in [5.41, 5.74) is 20.3. The minimum atomic E-state index is -1.77. The third-order valence-corrected chi connectivity index (χ3v) is 19.4. The Bertz CT molecular complexity index is 3410. The summed E-state index contributed by atoms with van der Waals surface area (Å²) in [6, 6.07) is 65.1. The molecule has 0 radical (unpaired) electrons. The van der Waals surface area contributed by atoms with Crippen molar-refractivity contribution >= 4 is 93.0 Å². The van der Waals surface area contributed by atoms with Crippen molar-refractivity contribution in [3.05, 3.63) is 203 Å². The van der Waals surface area contributed by atoms with Crippen molar-refractivity contribution in [2.24, 2.45) is 0 Å². The van der Waals surface area contributed by atoms with Gasteiger partial charge in [-0.15, -0.1) is 0 Å². The van der Waals surface area contributed by atoms with Gasteiger partial charge in [-0.3, -0.25) is 0 Å². The monoisotopic (exact) mass is 973 g/mol. The maximum absolute atomic E-state index is 2.61. The van der Waals surface area contributed by atoms with Gasteiger partial charge in [-0.25, -0.2) is 0 Å². The highest BCUT2D eigenvalue weighted by atomic mass is 28.3. The number of hydrogen-bond donors (Lipinski definition) is 0. The summed E-state index contributed by atoms with van der Waals surface area (Å²) in [5.74, 6) is 0.553. The SMILES string of the molecule is Cc1ccccc1N(c1cc(-c2ccccc2)c([Si](C)(C)C)cc1C)c1cc(C(C)C)c2ccc3c(N(c4ccccc4C)c4cc(-c5ccccc5)c([Si](C)(C)C)cc4C)cc(C(C)C)c4ccc1c2c43. The number of benzene rings is 10. The number of hydrogen-bond acceptors (Lipinski definition) is 2. The lowest BCUT2D eigenvalue weighted by Gasteiger charge is -2.34. The van der Waals surface area contributed by atoms with Crippen LogP contribution in [0.1, 0.15) is 72.9 Å². The summed E-state index contributed by atoms with van der Waals surface area (Å²) >= 11 is 0. The van der Waals surface area contributed by atoms with Crippen LogP contribution < -0.4 is 20.2 Å². The number of rotatable bonds is 12. The molecule has 2 nitrogen and oxygen atoms in total. The second-order valence-electron chi connectivity index (χ2n) is 23.2. The third kappa shape index (κ3) is 8.56. The average Bonchev–Trinajstić information content (AvgIpc) is 3.35. The van der Waals surface area contributed by atoms with E-state index in [0.717, 1.165) is 0 Å². The van der Waals surface area contributed by atoms with E-state index < -0.39 is 16.1 Å². The standard InChI is InChI=1S/C68H72N2Si2/c1-43(2)55-39-63(69(59-31-23-21-25-45(59)5)61-41-57(49-27-17-15-18-28-49)65(37-47(61)7)71(9,10)11)53-36-34-52-56(44(3)4)40-64(54-35-33-51(55)67(53)68(52)54)70(60-32-24-22-26-46(60)6)62-42-58(50-29-19-16-20-30-50)66(38-48(62)8)72(12,13)14/h15-44H,1-14H3. The highest BCUT2D eigenvalue weighted by Crippen LogP contribution is 2.52. The van der Waals surface area contributed by atoms with Crippen LogP contribution in [0.2, 0.25) is 39.3 Å². The average molecular weight is 974 g/mol. The van der Waals surface area contributed by atoms with Crippen molar-refractivity contribution in [1.82, 2.24) is 0 Å². The largest absolute Gasteiger partial charge is 0.309 e. The summed E-state index contributed by atoms with van der Waals surface area (Å²) in [7, 11) is -3.54. The van der Waals surface area contributed by atoms with E-state index in [1.807, 2.05) is 0 Å². The summed E-state index contributed by atoms with van der Waals surface area (Å²) in [6.45, 7) is 33.6. The van der Waals surface area contributed by atoms with Crippen molar-refractivity contribution in [1.29, 1.82) is 0 Å². The molecule has 0 saturated heterocycles. The van der Waals surface area contributed by atoms with E-state index >= 15 is 0 Å². The highest BCUT2D eigenvalue weighted by molar-refractivity contribution is 6.90. The first-order chi connectivity index (χ1) is 34.3. The van der Waals surface area contributed by atoms with Crippen LogP contribution in [-0.4, -0.2) is 16.1 Å². The van der Waals surface area contributed by atoms with Gasteiger partial charge in [0, 0.05) is 33.5 Å². The van der Waals surface area contributed by atoms with Gasteiger partial charge in [-0.05, 0) is 153 Å². The third-order valence-electron chi connectivity index (χ3n) is 15.3. The molecule has 0 N–H and O–H groups in total. The maximum Gasteiger partial charge on any atom is 0.0784 e. The van der Waals surface area contributed by atoms with Gasteiger partial charge in [-0.2, -0.15) is 0 Å². The first kappa shape index (κ1) is 48.9. The molecule has 0 spiro atoms. The van der Waals surface area contributed by atoms with Gasteiger partial charge in [-0.1, -0.05) is 211 Å². The van der Waals surface area contributed by atoms with Gasteiger partial charge in [0.05, 0.1) is 27.5 Å². The topological polar surface area (TPSA) is 6.48 Å². The second kappa shape index (κ2) is 18.7. The van der Waals surface area contributed by atoms with E-state index in [4.69, 9.17) is 0 Å². The molecule has 0 bridgehead atoms. The van der Waals surface area contributed by atoms with Crippen LogP contribution in [0.4, 0.5) is 34.1 Å². The minimum absolute atomic E-state index is 0.277. The van der Waals surface area contributed by atoms with Crippen LogP contribution >= 0.6 is 0 Å². The van der Waals surface area contributed by atoms with Crippen LogP contribution in [0.25, 0.3) is 54.6 Å². The predicted octanol–water partition coefficient (Wildman–Crippen LogP) is 19.4. The number of anilines is 6. The molecule has 0 saturated carbocycles. The van der Waals surface area contributed by atoms with Crippen molar-refractivity contribution < 1.29 is 0 Å². The van der Waals surface area contributed by atoms with Crippen molar-refractivity contribution in [3.8, 4) is 22.3 Å². The first-order valence-electron chi connectivity index (χ1n) is 26.2. The summed E-state index contributed by atoms with van der Waals surface area (Å²) < 4.78 is 0.